The molecule has 0 aromatic carbocycles. The summed E-state index contributed by atoms with van der Waals surface area (Å²) in [5.41, 5.74) is -1.15. The molecule has 0 aromatic heterocycles. The van der Waals surface area contributed by atoms with Gasteiger partial charge >= 0.3 is 12.0 Å². The largest absolute Gasteiger partial charge is 0.480 e. The van der Waals surface area contributed by atoms with E-state index in [2.05, 4.69) is 5.32 Å². The van der Waals surface area contributed by atoms with Crippen LogP contribution in [0.3, 0.4) is 0 Å². The van der Waals surface area contributed by atoms with Crippen LogP contribution in [0.15, 0.2) is 0 Å². The third-order valence-electron chi connectivity index (χ3n) is 4.54. The molecule has 1 aliphatic heterocycles. The molecule has 20 heavy (non-hydrogen) atoms. The van der Waals surface area contributed by atoms with Crippen LogP contribution in [0, 0.1) is 5.92 Å². The first-order valence-corrected chi connectivity index (χ1v) is 7.42. The molecule has 2 unspecified atom stereocenters. The summed E-state index contributed by atoms with van der Waals surface area (Å²) in [5.74, 6) is -0.915. The van der Waals surface area contributed by atoms with Crippen LogP contribution < -0.4 is 5.32 Å². The summed E-state index contributed by atoms with van der Waals surface area (Å²) in [5, 5.41) is 21.0. The van der Waals surface area contributed by atoms with Gasteiger partial charge in [0.25, 0.3) is 0 Å². The lowest BCUT2D eigenvalue weighted by Gasteiger charge is -2.31. The number of hydrogen-bond donors (Lipinski definition) is 3. The second kappa shape index (κ2) is 5.99. The molecule has 114 valence electrons. The Morgan fingerprint density at radius 3 is 2.60 bits per heavy atom. The molecule has 0 bridgehead atoms. The Morgan fingerprint density at radius 1 is 1.35 bits per heavy atom. The van der Waals surface area contributed by atoms with E-state index in [-0.39, 0.29) is 24.6 Å². The van der Waals surface area contributed by atoms with Crippen LogP contribution in [-0.4, -0.2) is 51.8 Å². The minimum atomic E-state index is -1.15. The van der Waals surface area contributed by atoms with Gasteiger partial charge in [0.1, 0.15) is 5.54 Å². The number of nitrogens with one attached hydrogen (secondary N) is 1. The zero-order valence-corrected chi connectivity index (χ0v) is 12.0. The number of rotatable bonds is 6. The van der Waals surface area contributed by atoms with Gasteiger partial charge in [-0.2, -0.15) is 0 Å². The maximum Gasteiger partial charge on any atom is 0.329 e. The van der Waals surface area contributed by atoms with E-state index in [9.17, 15) is 14.7 Å². The highest BCUT2D eigenvalue weighted by Gasteiger charge is 2.49. The number of aliphatic hydroxyl groups excluding tert-OH is 1. The van der Waals surface area contributed by atoms with Gasteiger partial charge in [0.15, 0.2) is 0 Å². The number of carbonyl (C=O) groups is 2. The lowest BCUT2D eigenvalue weighted by atomic mass is 9.96. The third kappa shape index (κ3) is 3.06. The minimum absolute atomic E-state index is 0.0439. The van der Waals surface area contributed by atoms with Crippen molar-refractivity contribution in [3.8, 4) is 0 Å². The van der Waals surface area contributed by atoms with Crippen molar-refractivity contribution in [3.05, 3.63) is 0 Å². The molecule has 1 saturated carbocycles. The minimum Gasteiger partial charge on any atom is -0.480 e. The fourth-order valence-corrected chi connectivity index (χ4v) is 3.01. The zero-order chi connectivity index (χ0) is 14.8. The van der Waals surface area contributed by atoms with Gasteiger partial charge in [-0.3, -0.25) is 0 Å². The summed E-state index contributed by atoms with van der Waals surface area (Å²) in [6.07, 6.45) is 5.04. The van der Waals surface area contributed by atoms with Crippen LogP contribution in [0.25, 0.3) is 0 Å². The Labute approximate surface area is 119 Å². The Bertz CT molecular complexity index is 383. The third-order valence-corrected chi connectivity index (χ3v) is 4.54. The van der Waals surface area contributed by atoms with Crippen LogP contribution in [0.1, 0.15) is 45.4 Å². The molecule has 2 aliphatic rings. The highest BCUT2D eigenvalue weighted by Crippen LogP contribution is 2.40. The summed E-state index contributed by atoms with van der Waals surface area (Å²) in [6.45, 7) is 2.40. The average Bonchev–Trinajstić information content (AvgIpc) is 3.15. The second-order valence-corrected chi connectivity index (χ2v) is 6.07. The van der Waals surface area contributed by atoms with Crippen molar-refractivity contribution in [2.45, 2.75) is 57.0 Å². The molecule has 6 nitrogen and oxygen atoms in total. The molecule has 1 aliphatic carbocycles. The molecule has 0 radical (unpaired) electrons. The van der Waals surface area contributed by atoms with Gasteiger partial charge in [-0.05, 0) is 51.4 Å². The molecule has 6 heteroatoms. The Hall–Kier alpha value is -1.30. The summed E-state index contributed by atoms with van der Waals surface area (Å²) in [4.78, 5) is 25.5. The predicted octanol–water partition coefficient (Wildman–Crippen LogP) is 1.19. The molecule has 3 N–H and O–H groups in total. The molecular formula is C14H24N2O4. The number of carboxylic acid groups (broad SMARTS) is 1. The van der Waals surface area contributed by atoms with E-state index in [1.54, 1.807) is 11.8 Å². The number of aliphatic carboxylic acids is 1. The van der Waals surface area contributed by atoms with Gasteiger partial charge in [-0.15, -0.1) is 0 Å². The smallest absolute Gasteiger partial charge is 0.329 e. The molecule has 2 rings (SSSR count). The number of likely N-dealkylation sites (tertiary alicyclic amines) is 1. The predicted molar refractivity (Wildman–Crippen MR) is 73.3 cm³/mol. The van der Waals surface area contributed by atoms with E-state index >= 15 is 0 Å². The van der Waals surface area contributed by atoms with E-state index in [0.717, 1.165) is 32.1 Å². The fraction of sp³-hybridized carbons (Fsp3) is 0.857. The molecule has 0 spiro atoms. The van der Waals surface area contributed by atoms with Gasteiger partial charge in [0, 0.05) is 19.2 Å². The Balaban J connectivity index is 1.97. The van der Waals surface area contributed by atoms with Gasteiger partial charge < -0.3 is 20.4 Å². The average molecular weight is 284 g/mol. The summed E-state index contributed by atoms with van der Waals surface area (Å²) < 4.78 is 0. The van der Waals surface area contributed by atoms with E-state index in [1.807, 2.05) is 0 Å². The number of aliphatic hydroxyl groups is 1. The monoisotopic (exact) mass is 284 g/mol. The molecular weight excluding hydrogens is 260 g/mol. The maximum atomic E-state index is 12.4. The number of carbonyl (C=O) groups excluding carboxylic acids is 1. The van der Waals surface area contributed by atoms with Crippen molar-refractivity contribution in [2.75, 3.05) is 13.2 Å². The summed E-state index contributed by atoms with van der Waals surface area (Å²) >= 11 is 0. The summed E-state index contributed by atoms with van der Waals surface area (Å²) in [6, 6.07) is -0.151. The van der Waals surface area contributed by atoms with Crippen LogP contribution in [0.2, 0.25) is 0 Å². The van der Waals surface area contributed by atoms with Crippen molar-refractivity contribution in [1.29, 1.82) is 0 Å². The molecule has 2 amide bonds. The first kappa shape index (κ1) is 15.1. The molecule has 1 saturated heterocycles. The highest BCUT2D eigenvalue weighted by molar-refractivity contribution is 5.86. The maximum absolute atomic E-state index is 12.4. The van der Waals surface area contributed by atoms with Crippen LogP contribution >= 0.6 is 0 Å². The summed E-state index contributed by atoms with van der Waals surface area (Å²) in [7, 11) is 0. The van der Waals surface area contributed by atoms with E-state index < -0.39 is 11.5 Å². The molecule has 0 aromatic rings. The molecule has 2 fully saturated rings. The zero-order valence-electron chi connectivity index (χ0n) is 12.0. The van der Waals surface area contributed by atoms with Gasteiger partial charge in [0.05, 0.1) is 0 Å². The van der Waals surface area contributed by atoms with Crippen LogP contribution in [-0.2, 0) is 4.79 Å². The van der Waals surface area contributed by atoms with E-state index in [4.69, 9.17) is 5.11 Å². The molecule has 1 heterocycles. The van der Waals surface area contributed by atoms with Crippen molar-refractivity contribution < 1.29 is 19.8 Å². The van der Waals surface area contributed by atoms with E-state index in [1.165, 1.54) is 0 Å². The number of hydrogen-bond acceptors (Lipinski definition) is 3. The van der Waals surface area contributed by atoms with Gasteiger partial charge in [0.2, 0.25) is 0 Å². The van der Waals surface area contributed by atoms with Crippen molar-refractivity contribution in [1.82, 2.24) is 10.2 Å². The lowest BCUT2D eigenvalue weighted by molar-refractivity contribution is -0.144. The Morgan fingerprint density at radius 2 is 2.05 bits per heavy atom. The number of nitrogens with zero attached hydrogens (tertiary/aromatic N) is 1. The quantitative estimate of drug-likeness (QED) is 0.683. The fourth-order valence-electron chi connectivity index (χ4n) is 3.01. The first-order chi connectivity index (χ1) is 9.49. The highest BCUT2D eigenvalue weighted by atomic mass is 16.4. The van der Waals surface area contributed by atoms with Crippen LogP contribution in [0.4, 0.5) is 4.79 Å². The normalized spacial score (nSPS) is 25.3. The topological polar surface area (TPSA) is 89.9 Å². The van der Waals surface area contributed by atoms with Crippen molar-refractivity contribution in [2.24, 2.45) is 5.92 Å². The molecule has 2 atom stereocenters. The van der Waals surface area contributed by atoms with E-state index in [0.29, 0.717) is 13.0 Å². The Kier molecular flexibility index (Phi) is 4.52. The standard InChI is InChI=1S/C14H24N2O4/c1-14(12(18)19,10-6-7-10)15-13(20)16-8-2-4-11(16)5-3-9-17/h10-11,17H,2-9H2,1H3,(H,15,20)(H,18,19). The lowest BCUT2D eigenvalue weighted by Crippen LogP contribution is -2.58. The second-order valence-electron chi connectivity index (χ2n) is 6.07. The number of carboxylic acids is 1. The van der Waals surface area contributed by atoms with Gasteiger partial charge in [-0.1, -0.05) is 0 Å². The SMILES string of the molecule is CC(NC(=O)N1CCCC1CCCO)(C(=O)O)C1CC1. The number of urea groups is 1. The number of amides is 2. The van der Waals surface area contributed by atoms with Crippen molar-refractivity contribution in [3.63, 3.8) is 0 Å². The van der Waals surface area contributed by atoms with Gasteiger partial charge in [-0.25, -0.2) is 9.59 Å². The van der Waals surface area contributed by atoms with Crippen LogP contribution in [0.5, 0.6) is 0 Å². The first-order valence-electron chi connectivity index (χ1n) is 7.42. The van der Waals surface area contributed by atoms with Crippen molar-refractivity contribution >= 4 is 12.0 Å².